The van der Waals surface area contributed by atoms with Crippen molar-refractivity contribution in [2.45, 2.75) is 25.4 Å². The summed E-state index contributed by atoms with van der Waals surface area (Å²) in [6.07, 6.45) is 0.411. The zero-order valence-electron chi connectivity index (χ0n) is 15.1. The first-order valence-corrected chi connectivity index (χ1v) is 9.09. The van der Waals surface area contributed by atoms with Crippen molar-refractivity contribution in [3.8, 4) is 0 Å². The van der Waals surface area contributed by atoms with Crippen LogP contribution in [0.4, 0.5) is 0 Å². The van der Waals surface area contributed by atoms with Gasteiger partial charge in [0.2, 0.25) is 5.91 Å². The molecule has 0 bridgehead atoms. The van der Waals surface area contributed by atoms with Crippen LogP contribution in [0.15, 0.2) is 66.7 Å². The topological polar surface area (TPSA) is 83.8 Å². The molecule has 3 aromatic carbocycles. The summed E-state index contributed by atoms with van der Waals surface area (Å²) in [4.78, 5) is 12.7. The maximum Gasteiger partial charge on any atom is 0.237 e. The van der Waals surface area contributed by atoms with Gasteiger partial charge in [-0.2, -0.15) is 5.10 Å². The lowest BCUT2D eigenvalue weighted by Crippen LogP contribution is -2.43. The maximum atomic E-state index is 12.7. The Labute approximate surface area is 157 Å². The van der Waals surface area contributed by atoms with Crippen LogP contribution < -0.4 is 11.1 Å². The van der Waals surface area contributed by atoms with Crippen LogP contribution in [0.25, 0.3) is 21.7 Å². The number of carbonyl (C=O) groups excluding carboxylic acids is 1. The first-order valence-electron chi connectivity index (χ1n) is 9.09. The predicted molar refractivity (Wildman–Crippen MR) is 108 cm³/mol. The van der Waals surface area contributed by atoms with E-state index in [1.165, 1.54) is 0 Å². The summed E-state index contributed by atoms with van der Waals surface area (Å²) in [6, 6.07) is 21.3. The number of nitrogens with one attached hydrogen (secondary N) is 2. The molecule has 4 rings (SSSR count). The zero-order chi connectivity index (χ0) is 18.8. The molecule has 5 heteroatoms. The van der Waals surface area contributed by atoms with Gasteiger partial charge in [0.25, 0.3) is 0 Å². The highest BCUT2D eigenvalue weighted by atomic mass is 16.2. The fourth-order valence-electron chi connectivity index (χ4n) is 3.51. The van der Waals surface area contributed by atoms with Crippen LogP contribution in [-0.4, -0.2) is 22.1 Å². The van der Waals surface area contributed by atoms with Crippen LogP contribution in [0.5, 0.6) is 0 Å². The van der Waals surface area contributed by atoms with E-state index in [-0.39, 0.29) is 11.9 Å². The number of rotatable bonds is 5. The van der Waals surface area contributed by atoms with Gasteiger partial charge in [0, 0.05) is 17.5 Å². The summed E-state index contributed by atoms with van der Waals surface area (Å²) in [5.41, 5.74) is 9.02. The highest BCUT2D eigenvalue weighted by Crippen LogP contribution is 2.24. The highest BCUT2D eigenvalue weighted by molar-refractivity contribution is 5.88. The molecule has 1 amide bonds. The predicted octanol–water partition coefficient (Wildman–Crippen LogP) is 3.46. The Morgan fingerprint density at radius 1 is 1.04 bits per heavy atom. The number of nitrogens with two attached hydrogens (primary N) is 1. The Balaban J connectivity index is 1.49. The molecule has 0 saturated carbocycles. The molecule has 0 aliphatic heterocycles. The van der Waals surface area contributed by atoms with E-state index >= 15 is 0 Å². The summed E-state index contributed by atoms with van der Waals surface area (Å²) in [5.74, 6) is -0.172. The minimum Gasteiger partial charge on any atom is -0.348 e. The van der Waals surface area contributed by atoms with Gasteiger partial charge in [0.1, 0.15) is 0 Å². The zero-order valence-corrected chi connectivity index (χ0v) is 15.1. The number of nitrogens with zero attached hydrogens (tertiary/aromatic N) is 1. The van der Waals surface area contributed by atoms with E-state index in [0.29, 0.717) is 6.42 Å². The standard InChI is InChI=1S/C22H22N4O/c1-14(16-11-6-8-15-7-2-3-9-17(15)16)24-22(27)19(23)13-21-18-10-4-5-12-20(18)25-26-21/h2-12,14,19H,13,23H2,1H3,(H,24,27)(H,25,26). The van der Waals surface area contributed by atoms with Crippen molar-refractivity contribution in [3.05, 3.63) is 78.0 Å². The van der Waals surface area contributed by atoms with E-state index in [4.69, 9.17) is 5.73 Å². The third-order valence-corrected chi connectivity index (χ3v) is 4.95. The summed E-state index contributed by atoms with van der Waals surface area (Å²) in [6.45, 7) is 1.98. The second kappa shape index (κ2) is 7.21. The lowest BCUT2D eigenvalue weighted by molar-refractivity contribution is -0.123. The minimum absolute atomic E-state index is 0.131. The molecule has 0 aliphatic rings. The van der Waals surface area contributed by atoms with Gasteiger partial charge in [-0.25, -0.2) is 0 Å². The molecule has 0 spiro atoms. The van der Waals surface area contributed by atoms with E-state index in [1.807, 2.05) is 55.5 Å². The minimum atomic E-state index is -0.647. The van der Waals surface area contributed by atoms with E-state index in [2.05, 4.69) is 33.7 Å². The molecule has 4 N–H and O–H groups in total. The average molecular weight is 358 g/mol. The number of H-pyrrole nitrogens is 1. The van der Waals surface area contributed by atoms with Crippen molar-refractivity contribution >= 4 is 27.6 Å². The van der Waals surface area contributed by atoms with Crippen LogP contribution in [0.2, 0.25) is 0 Å². The molecule has 5 nitrogen and oxygen atoms in total. The Hall–Kier alpha value is -3.18. The van der Waals surface area contributed by atoms with Gasteiger partial charge >= 0.3 is 0 Å². The van der Waals surface area contributed by atoms with E-state index in [1.54, 1.807) is 0 Å². The summed E-state index contributed by atoms with van der Waals surface area (Å²) in [5, 5.41) is 13.6. The Morgan fingerprint density at radius 2 is 1.74 bits per heavy atom. The normalized spacial score (nSPS) is 13.6. The number of para-hydroxylation sites is 1. The first-order chi connectivity index (χ1) is 13.1. The van der Waals surface area contributed by atoms with Crippen LogP contribution in [0.1, 0.15) is 24.2 Å². The van der Waals surface area contributed by atoms with Crippen molar-refractivity contribution in [1.29, 1.82) is 0 Å². The van der Waals surface area contributed by atoms with Gasteiger partial charge in [-0.3, -0.25) is 9.89 Å². The number of fused-ring (bicyclic) bond motifs is 2. The molecule has 2 atom stereocenters. The Kier molecular flexibility index (Phi) is 4.60. The first kappa shape index (κ1) is 17.2. The average Bonchev–Trinajstić information content (AvgIpc) is 3.10. The number of benzene rings is 3. The van der Waals surface area contributed by atoms with Crippen LogP contribution in [0, 0.1) is 0 Å². The van der Waals surface area contributed by atoms with Crippen molar-refractivity contribution in [1.82, 2.24) is 15.5 Å². The lowest BCUT2D eigenvalue weighted by Gasteiger charge is -2.19. The molecule has 1 aromatic heterocycles. The van der Waals surface area contributed by atoms with Crippen LogP contribution in [-0.2, 0) is 11.2 Å². The van der Waals surface area contributed by atoms with Gasteiger partial charge in [0.05, 0.1) is 17.6 Å². The van der Waals surface area contributed by atoms with Crippen molar-refractivity contribution in [2.75, 3.05) is 0 Å². The van der Waals surface area contributed by atoms with E-state index < -0.39 is 6.04 Å². The Bertz CT molecular complexity index is 1100. The number of carbonyl (C=O) groups is 1. The number of hydrogen-bond acceptors (Lipinski definition) is 3. The third kappa shape index (κ3) is 3.41. The molecule has 136 valence electrons. The SMILES string of the molecule is CC(NC(=O)C(N)Cc1[nH]nc2ccccc12)c1cccc2ccccc12. The number of aromatic amines is 1. The van der Waals surface area contributed by atoms with Gasteiger partial charge in [-0.15, -0.1) is 0 Å². The third-order valence-electron chi connectivity index (χ3n) is 4.95. The molecule has 0 fully saturated rings. The van der Waals surface area contributed by atoms with Crippen LogP contribution >= 0.6 is 0 Å². The number of aromatic nitrogens is 2. The Morgan fingerprint density at radius 3 is 2.59 bits per heavy atom. The number of hydrogen-bond donors (Lipinski definition) is 3. The lowest BCUT2D eigenvalue weighted by atomic mass is 9.99. The fourth-order valence-corrected chi connectivity index (χ4v) is 3.51. The summed E-state index contributed by atoms with van der Waals surface area (Å²) < 4.78 is 0. The van der Waals surface area contributed by atoms with Crippen molar-refractivity contribution in [3.63, 3.8) is 0 Å². The molecule has 1 heterocycles. The molecule has 27 heavy (non-hydrogen) atoms. The van der Waals surface area contributed by atoms with Gasteiger partial charge in [0.15, 0.2) is 0 Å². The smallest absolute Gasteiger partial charge is 0.237 e. The second-order valence-electron chi connectivity index (χ2n) is 6.83. The fraction of sp³-hybridized carbons (Fsp3) is 0.182. The highest BCUT2D eigenvalue weighted by Gasteiger charge is 2.20. The summed E-state index contributed by atoms with van der Waals surface area (Å²) >= 11 is 0. The molecule has 0 radical (unpaired) electrons. The molecule has 4 aromatic rings. The van der Waals surface area contributed by atoms with Crippen LogP contribution in [0.3, 0.4) is 0 Å². The van der Waals surface area contributed by atoms with E-state index in [9.17, 15) is 4.79 Å². The second-order valence-corrected chi connectivity index (χ2v) is 6.83. The molecular formula is C22H22N4O. The van der Waals surface area contributed by atoms with E-state index in [0.717, 1.165) is 32.9 Å². The molecular weight excluding hydrogens is 336 g/mol. The maximum absolute atomic E-state index is 12.7. The molecule has 0 aliphatic carbocycles. The quantitative estimate of drug-likeness (QED) is 0.511. The largest absolute Gasteiger partial charge is 0.348 e. The van der Waals surface area contributed by atoms with Gasteiger partial charge < -0.3 is 11.1 Å². The number of amides is 1. The monoisotopic (exact) mass is 358 g/mol. The van der Waals surface area contributed by atoms with Gasteiger partial charge in [-0.1, -0.05) is 60.7 Å². The molecule has 0 saturated heterocycles. The van der Waals surface area contributed by atoms with Crippen molar-refractivity contribution in [2.24, 2.45) is 5.73 Å². The molecule has 2 unspecified atom stereocenters. The van der Waals surface area contributed by atoms with Gasteiger partial charge in [-0.05, 0) is 29.3 Å². The summed E-state index contributed by atoms with van der Waals surface area (Å²) in [7, 11) is 0. The van der Waals surface area contributed by atoms with Crippen molar-refractivity contribution < 1.29 is 4.79 Å².